The van der Waals surface area contributed by atoms with Gasteiger partial charge in [-0.05, 0) is 24.6 Å². The second kappa shape index (κ2) is 4.08. The fourth-order valence-corrected chi connectivity index (χ4v) is 1.12. The third kappa shape index (κ3) is 2.31. The molecule has 0 bridgehead atoms. The van der Waals surface area contributed by atoms with Gasteiger partial charge in [0.15, 0.2) is 0 Å². The molecule has 1 heteroatoms. The molecule has 0 N–H and O–H groups in total. The lowest BCUT2D eigenvalue weighted by atomic mass is 10.2. The smallest absolute Gasteiger partial charge is 0.0648 e. The first-order chi connectivity index (χ1) is 5.34. The molecule has 0 radical (unpaired) electrons. The van der Waals surface area contributed by atoms with Gasteiger partial charge in [0.25, 0.3) is 0 Å². The van der Waals surface area contributed by atoms with E-state index in [2.05, 4.69) is 30.3 Å². The lowest BCUT2D eigenvalue weighted by molar-refractivity contribution is 0.436. The molecule has 0 atom stereocenters. The molecule has 0 amide bonds. The number of likely N-dealkylation sites (N-methyl/N-ethyl adjacent to an activating group) is 1. The molecule has 1 nitrogen and oxygen atoms in total. The van der Waals surface area contributed by atoms with Crippen molar-refractivity contribution in [2.75, 3.05) is 13.6 Å². The van der Waals surface area contributed by atoms with E-state index in [4.69, 9.17) is 0 Å². The Morgan fingerprint density at radius 3 is 3.09 bits per heavy atom. The first-order valence-corrected chi connectivity index (χ1v) is 4.24. The zero-order chi connectivity index (χ0) is 8.10. The van der Waals surface area contributed by atoms with Crippen LogP contribution in [0.3, 0.4) is 0 Å². The standard InChI is InChI=1S/C10H15N/c1-3-4-7-10-8-5-6-9-11(10)2/h6H,3-4,7,9H2,1-2H3. The van der Waals surface area contributed by atoms with Crippen molar-refractivity contribution in [3.63, 3.8) is 0 Å². The van der Waals surface area contributed by atoms with Gasteiger partial charge in [-0.3, -0.25) is 0 Å². The summed E-state index contributed by atoms with van der Waals surface area (Å²) >= 11 is 0. The number of rotatable bonds is 3. The lowest BCUT2D eigenvalue weighted by Gasteiger charge is -2.19. The van der Waals surface area contributed by atoms with Gasteiger partial charge in [0.05, 0.1) is 5.70 Å². The molecule has 1 aliphatic rings. The summed E-state index contributed by atoms with van der Waals surface area (Å²) in [7, 11) is 2.11. The largest absolute Gasteiger partial charge is 0.367 e. The number of unbranched alkanes of at least 4 members (excludes halogenated alkanes) is 1. The topological polar surface area (TPSA) is 3.24 Å². The van der Waals surface area contributed by atoms with Crippen LogP contribution >= 0.6 is 0 Å². The van der Waals surface area contributed by atoms with Crippen LogP contribution in [0.25, 0.3) is 0 Å². The van der Waals surface area contributed by atoms with Crippen LogP contribution in [0.4, 0.5) is 0 Å². The zero-order valence-corrected chi connectivity index (χ0v) is 7.35. The highest BCUT2D eigenvalue weighted by Gasteiger charge is 2.02. The summed E-state index contributed by atoms with van der Waals surface area (Å²) < 4.78 is 0. The molecule has 0 aliphatic carbocycles. The van der Waals surface area contributed by atoms with Crippen LogP contribution in [-0.2, 0) is 0 Å². The van der Waals surface area contributed by atoms with Crippen LogP contribution < -0.4 is 0 Å². The van der Waals surface area contributed by atoms with Crippen molar-refractivity contribution >= 4 is 0 Å². The Balaban J connectivity index is 2.55. The van der Waals surface area contributed by atoms with Crippen molar-refractivity contribution in [1.29, 1.82) is 0 Å². The highest BCUT2D eigenvalue weighted by atomic mass is 15.1. The van der Waals surface area contributed by atoms with E-state index in [0.29, 0.717) is 0 Å². The quantitative estimate of drug-likeness (QED) is 0.557. The zero-order valence-electron chi connectivity index (χ0n) is 7.35. The van der Waals surface area contributed by atoms with Gasteiger partial charge in [-0.1, -0.05) is 19.1 Å². The summed E-state index contributed by atoms with van der Waals surface area (Å²) in [5.41, 5.74) is 7.46. The fraction of sp³-hybridized carbons (Fsp3) is 0.600. The average Bonchev–Trinajstić information content (AvgIpc) is 2.03. The van der Waals surface area contributed by atoms with Gasteiger partial charge in [-0.15, -0.1) is 0 Å². The maximum Gasteiger partial charge on any atom is 0.0648 e. The molecule has 0 aromatic heterocycles. The average molecular weight is 149 g/mol. The third-order valence-electron chi connectivity index (χ3n) is 1.91. The van der Waals surface area contributed by atoms with Gasteiger partial charge in [-0.2, -0.15) is 0 Å². The number of nitrogens with zero attached hydrogens (tertiary/aromatic N) is 1. The van der Waals surface area contributed by atoms with Crippen molar-refractivity contribution in [2.24, 2.45) is 0 Å². The Morgan fingerprint density at radius 1 is 1.64 bits per heavy atom. The van der Waals surface area contributed by atoms with E-state index in [-0.39, 0.29) is 0 Å². The Bertz CT molecular complexity index is 215. The van der Waals surface area contributed by atoms with Gasteiger partial charge >= 0.3 is 0 Å². The predicted octanol–water partition coefficient (Wildman–Crippen LogP) is 2.32. The van der Waals surface area contributed by atoms with Crippen LogP contribution in [0.5, 0.6) is 0 Å². The SMILES string of the molecule is CCCCC1=C=C=CCN1C. The minimum atomic E-state index is 0.992. The first kappa shape index (κ1) is 8.20. The maximum absolute atomic E-state index is 3.14. The Labute approximate surface area is 68.7 Å². The predicted molar refractivity (Wildman–Crippen MR) is 47.3 cm³/mol. The van der Waals surface area contributed by atoms with Crippen molar-refractivity contribution < 1.29 is 0 Å². The Hall–Kier alpha value is -0.900. The van der Waals surface area contributed by atoms with Crippen molar-refractivity contribution in [3.05, 3.63) is 23.2 Å². The van der Waals surface area contributed by atoms with E-state index in [1.165, 1.54) is 18.5 Å². The van der Waals surface area contributed by atoms with Gasteiger partial charge < -0.3 is 4.90 Å². The molecule has 0 fully saturated rings. The van der Waals surface area contributed by atoms with E-state index in [1.54, 1.807) is 0 Å². The summed E-state index contributed by atoms with van der Waals surface area (Å²) in [4.78, 5) is 2.23. The molecule has 1 heterocycles. The van der Waals surface area contributed by atoms with E-state index < -0.39 is 0 Å². The molecular weight excluding hydrogens is 134 g/mol. The van der Waals surface area contributed by atoms with E-state index >= 15 is 0 Å². The number of allylic oxidation sites excluding steroid dienone is 1. The molecule has 0 aromatic carbocycles. The molecule has 0 spiro atoms. The van der Waals surface area contributed by atoms with Gasteiger partial charge in [-0.25, -0.2) is 0 Å². The second-order valence-electron chi connectivity index (χ2n) is 2.90. The molecular formula is C10H15N. The number of hydrogen-bond donors (Lipinski definition) is 0. The van der Waals surface area contributed by atoms with Gasteiger partial charge in [0, 0.05) is 13.6 Å². The monoisotopic (exact) mass is 149 g/mol. The molecule has 0 aromatic rings. The normalized spacial score (nSPS) is 15.5. The van der Waals surface area contributed by atoms with Crippen LogP contribution in [0.2, 0.25) is 0 Å². The highest BCUT2D eigenvalue weighted by Crippen LogP contribution is 2.10. The highest BCUT2D eigenvalue weighted by molar-refractivity contribution is 5.06. The summed E-state index contributed by atoms with van der Waals surface area (Å²) in [5.74, 6) is 0. The van der Waals surface area contributed by atoms with Crippen LogP contribution in [-0.4, -0.2) is 18.5 Å². The second-order valence-corrected chi connectivity index (χ2v) is 2.90. The Morgan fingerprint density at radius 2 is 2.45 bits per heavy atom. The van der Waals surface area contributed by atoms with E-state index in [0.717, 1.165) is 13.0 Å². The minimum absolute atomic E-state index is 0.992. The first-order valence-electron chi connectivity index (χ1n) is 4.24. The molecule has 60 valence electrons. The number of hydrogen-bond acceptors (Lipinski definition) is 1. The molecule has 0 saturated carbocycles. The van der Waals surface area contributed by atoms with Crippen LogP contribution in [0.1, 0.15) is 26.2 Å². The minimum Gasteiger partial charge on any atom is -0.367 e. The molecule has 0 unspecified atom stereocenters. The van der Waals surface area contributed by atoms with E-state index in [9.17, 15) is 0 Å². The summed E-state index contributed by atoms with van der Waals surface area (Å²) in [6.45, 7) is 3.20. The van der Waals surface area contributed by atoms with Crippen molar-refractivity contribution in [1.82, 2.24) is 4.90 Å². The summed E-state index contributed by atoms with van der Waals surface area (Å²) in [5, 5.41) is 0. The third-order valence-corrected chi connectivity index (χ3v) is 1.91. The molecule has 1 rings (SSSR count). The fourth-order valence-electron chi connectivity index (χ4n) is 1.12. The van der Waals surface area contributed by atoms with Gasteiger partial charge in [0.2, 0.25) is 0 Å². The lowest BCUT2D eigenvalue weighted by Crippen LogP contribution is -2.18. The van der Waals surface area contributed by atoms with E-state index in [1.807, 2.05) is 6.08 Å². The molecule has 1 aliphatic heterocycles. The molecule has 0 saturated heterocycles. The van der Waals surface area contributed by atoms with Crippen molar-refractivity contribution in [3.8, 4) is 0 Å². The van der Waals surface area contributed by atoms with Crippen molar-refractivity contribution in [2.45, 2.75) is 26.2 Å². The van der Waals surface area contributed by atoms with Crippen LogP contribution in [0.15, 0.2) is 23.2 Å². The van der Waals surface area contributed by atoms with Gasteiger partial charge in [0.1, 0.15) is 0 Å². The summed E-state index contributed by atoms with van der Waals surface area (Å²) in [6, 6.07) is 0. The van der Waals surface area contributed by atoms with Crippen LogP contribution in [0, 0.1) is 0 Å². The Kier molecular flexibility index (Phi) is 3.04. The molecule has 11 heavy (non-hydrogen) atoms. The maximum atomic E-state index is 3.14. The summed E-state index contributed by atoms with van der Waals surface area (Å²) in [6.07, 6.45) is 5.67.